The van der Waals surface area contributed by atoms with Crippen molar-refractivity contribution in [2.75, 3.05) is 0 Å². The van der Waals surface area contributed by atoms with Crippen LogP contribution in [0.3, 0.4) is 0 Å². The molecule has 0 amide bonds. The fourth-order valence-electron chi connectivity index (χ4n) is 8.02. The van der Waals surface area contributed by atoms with Gasteiger partial charge in [0.15, 0.2) is 0 Å². The quantitative estimate of drug-likeness (QED) is 0.224. The van der Waals surface area contributed by atoms with Crippen molar-refractivity contribution in [1.29, 1.82) is 0 Å². The fraction of sp³-hybridized carbons (Fsp3) is 0.719. The van der Waals surface area contributed by atoms with Crippen LogP contribution in [0.2, 0.25) is 0 Å². The molecule has 0 aromatic rings. The number of rotatable bonds is 6. The summed E-state index contributed by atoms with van der Waals surface area (Å²) >= 11 is 0. The Morgan fingerprint density at radius 3 is 2.47 bits per heavy atom. The maximum absolute atomic E-state index is 12.0. The zero-order valence-corrected chi connectivity index (χ0v) is 22.8. The Labute approximate surface area is 209 Å². The van der Waals surface area contributed by atoms with E-state index in [0.29, 0.717) is 29.1 Å². The summed E-state index contributed by atoms with van der Waals surface area (Å²) in [5.74, 6) is 4.01. The van der Waals surface area contributed by atoms with Gasteiger partial charge in [-0.25, -0.2) is 4.79 Å². The Balaban J connectivity index is 1.52. The van der Waals surface area contributed by atoms with Crippen LogP contribution in [0, 0.1) is 46.3 Å². The zero-order valence-electron chi connectivity index (χ0n) is 22.8. The van der Waals surface area contributed by atoms with E-state index in [1.54, 1.807) is 17.7 Å². The lowest BCUT2D eigenvalue weighted by atomic mass is 9.50. The molecule has 0 N–H and O–H groups in total. The summed E-state index contributed by atoms with van der Waals surface area (Å²) in [6, 6.07) is 0. The monoisotopic (exact) mass is 464 g/mol. The third kappa shape index (κ3) is 4.51. The number of esters is 1. The number of fused-ring (bicyclic) bond motifs is 5. The van der Waals surface area contributed by atoms with Crippen molar-refractivity contribution >= 4 is 5.97 Å². The number of hydrogen-bond acceptors (Lipinski definition) is 2. The molecule has 188 valence electrons. The third-order valence-electron chi connectivity index (χ3n) is 10.6. The van der Waals surface area contributed by atoms with E-state index in [4.69, 9.17) is 4.74 Å². The number of hydrogen-bond donors (Lipinski definition) is 0. The van der Waals surface area contributed by atoms with Crippen LogP contribution in [-0.4, -0.2) is 12.1 Å². The van der Waals surface area contributed by atoms with Crippen LogP contribution >= 0.6 is 0 Å². The van der Waals surface area contributed by atoms with E-state index in [0.717, 1.165) is 31.1 Å². The largest absolute Gasteiger partial charge is 0.459 e. The lowest BCUT2D eigenvalue weighted by molar-refractivity contribution is -0.144. The van der Waals surface area contributed by atoms with E-state index in [2.05, 4.69) is 65.8 Å². The van der Waals surface area contributed by atoms with Gasteiger partial charge in [0.25, 0.3) is 0 Å². The van der Waals surface area contributed by atoms with E-state index in [1.807, 2.05) is 6.92 Å². The van der Waals surface area contributed by atoms with Gasteiger partial charge in [-0.2, -0.15) is 0 Å². The summed E-state index contributed by atoms with van der Waals surface area (Å²) in [5, 5.41) is 0. The minimum Gasteiger partial charge on any atom is -0.459 e. The van der Waals surface area contributed by atoms with Crippen LogP contribution in [0.4, 0.5) is 0 Å². The van der Waals surface area contributed by atoms with Crippen LogP contribution < -0.4 is 0 Å². The fourth-order valence-corrected chi connectivity index (χ4v) is 8.02. The Kier molecular flexibility index (Phi) is 7.37. The maximum Gasteiger partial charge on any atom is 0.330 e. The van der Waals surface area contributed by atoms with Gasteiger partial charge in [-0.05, 0) is 91.8 Å². The van der Waals surface area contributed by atoms with Crippen molar-refractivity contribution in [3.63, 3.8) is 0 Å². The predicted molar refractivity (Wildman–Crippen MR) is 142 cm³/mol. The van der Waals surface area contributed by atoms with Crippen LogP contribution in [0.25, 0.3) is 0 Å². The van der Waals surface area contributed by atoms with Gasteiger partial charge in [-0.15, -0.1) is 0 Å². The zero-order chi connectivity index (χ0) is 24.7. The molecule has 0 saturated heterocycles. The first-order chi connectivity index (χ1) is 16.1. The lowest BCUT2D eigenvalue weighted by Crippen LogP contribution is -2.46. The second-order valence-electron chi connectivity index (χ2n) is 12.8. The molecule has 0 aliphatic heterocycles. The molecule has 0 spiro atoms. The molecule has 0 heterocycles. The molecular formula is C32H48O2. The highest BCUT2D eigenvalue weighted by atomic mass is 16.5. The van der Waals surface area contributed by atoms with E-state index in [9.17, 15) is 4.79 Å². The molecule has 8 atom stereocenters. The molecule has 3 fully saturated rings. The second kappa shape index (κ2) is 9.82. The average molecular weight is 465 g/mol. The van der Waals surface area contributed by atoms with Gasteiger partial charge >= 0.3 is 5.97 Å². The summed E-state index contributed by atoms with van der Waals surface area (Å²) in [6.45, 7) is 16.5. The molecule has 4 rings (SSSR count). The molecule has 0 aromatic heterocycles. The first-order valence-corrected chi connectivity index (χ1v) is 14.0. The van der Waals surface area contributed by atoms with Crippen molar-refractivity contribution in [3.05, 3.63) is 47.6 Å². The van der Waals surface area contributed by atoms with Gasteiger partial charge in [0, 0.05) is 12.5 Å². The summed E-state index contributed by atoms with van der Waals surface area (Å²) in [5.41, 5.74) is 3.93. The normalized spacial score (nSPS) is 39.3. The minimum absolute atomic E-state index is 0.0311. The Morgan fingerprint density at radius 1 is 1.00 bits per heavy atom. The first kappa shape index (κ1) is 25.5. The first-order valence-electron chi connectivity index (χ1n) is 14.0. The standard InChI is InChI=1S/C32H48O2/c1-8-9-30(33)34-25-16-18-31(6)24(20-25)12-13-26-28-15-14-27(32(28,7)19-17-29(26)31)23(5)11-10-22(4)21(2)3/h8-13,21-23,25,27-29H,14-20H2,1-7H3/b9-8+,11-10?/t22-,23+,25?,27+,28-,29-,31-,32+/m0/s1. The summed E-state index contributed by atoms with van der Waals surface area (Å²) in [7, 11) is 0. The van der Waals surface area contributed by atoms with E-state index < -0.39 is 0 Å². The molecule has 4 aliphatic carbocycles. The smallest absolute Gasteiger partial charge is 0.330 e. The summed E-state index contributed by atoms with van der Waals surface area (Å²) in [4.78, 5) is 12.0. The molecule has 2 heteroatoms. The minimum atomic E-state index is -0.194. The topological polar surface area (TPSA) is 26.3 Å². The van der Waals surface area contributed by atoms with Crippen LogP contribution in [0.15, 0.2) is 47.6 Å². The van der Waals surface area contributed by atoms with E-state index in [-0.39, 0.29) is 17.5 Å². The van der Waals surface area contributed by atoms with Crippen molar-refractivity contribution in [1.82, 2.24) is 0 Å². The molecule has 0 aromatic carbocycles. The number of ether oxygens (including phenoxy) is 1. The van der Waals surface area contributed by atoms with Crippen LogP contribution in [0.1, 0.15) is 93.4 Å². The average Bonchev–Trinajstić information content (AvgIpc) is 3.14. The van der Waals surface area contributed by atoms with Gasteiger partial charge in [-0.3, -0.25) is 0 Å². The third-order valence-corrected chi connectivity index (χ3v) is 10.6. The SMILES string of the molecule is C/C=C/C(=O)OC1CC[C@@]2(C)C(=CC=C3[C@@H]4CC[C@H]([C@H](C)C=C[C@H](C)C(C)C)[C@@]4(C)CC[C@@H]32)C1. The molecule has 34 heavy (non-hydrogen) atoms. The Hall–Kier alpha value is -1.57. The van der Waals surface area contributed by atoms with Crippen molar-refractivity contribution in [2.45, 2.75) is 99.5 Å². The Morgan fingerprint density at radius 2 is 1.76 bits per heavy atom. The maximum atomic E-state index is 12.0. The van der Waals surface area contributed by atoms with Crippen molar-refractivity contribution < 1.29 is 9.53 Å². The van der Waals surface area contributed by atoms with Gasteiger partial charge in [0.05, 0.1) is 0 Å². The van der Waals surface area contributed by atoms with Gasteiger partial charge in [0.1, 0.15) is 6.10 Å². The molecule has 1 unspecified atom stereocenters. The highest BCUT2D eigenvalue weighted by molar-refractivity contribution is 5.82. The van der Waals surface area contributed by atoms with Crippen LogP contribution in [-0.2, 0) is 9.53 Å². The predicted octanol–water partition coefficient (Wildman–Crippen LogP) is 8.46. The highest BCUT2D eigenvalue weighted by Gasteiger charge is 2.56. The van der Waals surface area contributed by atoms with E-state index >= 15 is 0 Å². The Bertz CT molecular complexity index is 889. The second-order valence-corrected chi connectivity index (χ2v) is 12.8. The number of allylic oxidation sites excluding steroid dienone is 6. The summed E-state index contributed by atoms with van der Waals surface area (Å²) in [6.07, 6.45) is 21.7. The molecule has 2 nitrogen and oxygen atoms in total. The molecule has 4 aliphatic rings. The lowest BCUT2D eigenvalue weighted by Gasteiger charge is -2.55. The van der Waals surface area contributed by atoms with Gasteiger partial charge < -0.3 is 4.74 Å². The summed E-state index contributed by atoms with van der Waals surface area (Å²) < 4.78 is 5.75. The molecular weight excluding hydrogens is 416 g/mol. The van der Waals surface area contributed by atoms with Crippen molar-refractivity contribution in [2.24, 2.45) is 46.3 Å². The molecule has 0 bridgehead atoms. The highest BCUT2D eigenvalue weighted by Crippen LogP contribution is 2.66. The molecule has 0 radical (unpaired) electrons. The van der Waals surface area contributed by atoms with Crippen LogP contribution in [0.5, 0.6) is 0 Å². The molecule has 3 saturated carbocycles. The van der Waals surface area contributed by atoms with Gasteiger partial charge in [-0.1, -0.05) is 83.1 Å². The number of carbonyl (C=O) groups excluding carboxylic acids is 1. The van der Waals surface area contributed by atoms with Gasteiger partial charge in [0.2, 0.25) is 0 Å². The number of carbonyl (C=O) groups is 1. The van der Waals surface area contributed by atoms with Crippen molar-refractivity contribution in [3.8, 4) is 0 Å². The van der Waals surface area contributed by atoms with E-state index in [1.165, 1.54) is 31.3 Å².